The molecule has 0 amide bonds. The van der Waals surface area contributed by atoms with Crippen molar-refractivity contribution in [2.45, 2.75) is 46.0 Å². The van der Waals surface area contributed by atoms with Gasteiger partial charge in [0.1, 0.15) is 5.78 Å². The van der Waals surface area contributed by atoms with Crippen molar-refractivity contribution < 1.29 is 9.59 Å². The second-order valence-electron chi connectivity index (χ2n) is 8.23. The van der Waals surface area contributed by atoms with E-state index < -0.39 is 0 Å². The SMILES string of the molecule is C=C1C[C@@]2(C)C(=CC1=O)C=C[C@@H]1[C@@H]2CC[C@]2(C)C(=O)CC[C@@H]12. The Labute approximate surface area is 132 Å². The molecule has 0 aliphatic heterocycles. The number of fused-ring (bicyclic) bond motifs is 5. The number of allylic oxidation sites excluding steroid dienone is 5. The van der Waals surface area contributed by atoms with Crippen molar-refractivity contribution in [1.82, 2.24) is 0 Å². The van der Waals surface area contributed by atoms with Gasteiger partial charge in [-0.25, -0.2) is 0 Å². The third-order valence-corrected chi connectivity index (χ3v) is 7.23. The van der Waals surface area contributed by atoms with Crippen molar-refractivity contribution in [3.63, 3.8) is 0 Å². The highest BCUT2D eigenvalue weighted by Gasteiger charge is 2.58. The van der Waals surface area contributed by atoms with E-state index in [-0.39, 0.29) is 16.6 Å². The molecule has 0 N–H and O–H groups in total. The van der Waals surface area contributed by atoms with Crippen LogP contribution in [0.25, 0.3) is 0 Å². The first-order valence-corrected chi connectivity index (χ1v) is 8.52. The first kappa shape index (κ1) is 14.2. The Bertz CT molecular complexity index is 653. The Morgan fingerprint density at radius 3 is 2.64 bits per heavy atom. The minimum absolute atomic E-state index is 0.0252. The second kappa shape index (κ2) is 4.31. The van der Waals surface area contributed by atoms with Crippen LogP contribution < -0.4 is 0 Å². The van der Waals surface area contributed by atoms with Crippen molar-refractivity contribution in [2.24, 2.45) is 28.6 Å². The predicted octanol–water partition coefficient (Wildman–Crippen LogP) is 4.03. The lowest BCUT2D eigenvalue weighted by molar-refractivity contribution is -0.130. The van der Waals surface area contributed by atoms with Crippen LogP contribution >= 0.6 is 0 Å². The zero-order chi connectivity index (χ0) is 15.7. The van der Waals surface area contributed by atoms with Crippen LogP contribution in [-0.4, -0.2) is 11.6 Å². The van der Waals surface area contributed by atoms with E-state index in [0.29, 0.717) is 23.5 Å². The molecule has 0 aromatic carbocycles. The number of hydrogen-bond donors (Lipinski definition) is 0. The summed E-state index contributed by atoms with van der Waals surface area (Å²) >= 11 is 0. The van der Waals surface area contributed by atoms with Gasteiger partial charge in [0.25, 0.3) is 0 Å². The Hall–Kier alpha value is -1.44. The van der Waals surface area contributed by atoms with Gasteiger partial charge >= 0.3 is 0 Å². The molecule has 0 bridgehead atoms. The Balaban J connectivity index is 1.78. The fraction of sp³-hybridized carbons (Fsp3) is 0.600. The third kappa shape index (κ3) is 1.61. The summed E-state index contributed by atoms with van der Waals surface area (Å²) in [6, 6.07) is 0. The summed E-state index contributed by atoms with van der Waals surface area (Å²) in [6.07, 6.45) is 10.9. The summed E-state index contributed by atoms with van der Waals surface area (Å²) in [4.78, 5) is 24.3. The largest absolute Gasteiger partial charge is 0.299 e. The Kier molecular flexibility index (Phi) is 2.77. The zero-order valence-electron chi connectivity index (χ0n) is 13.5. The van der Waals surface area contributed by atoms with Crippen LogP contribution in [0.4, 0.5) is 0 Å². The summed E-state index contributed by atoms with van der Waals surface area (Å²) in [6.45, 7) is 8.48. The number of Topliss-reactive ketones (excluding diaryl/α,β-unsaturated/α-hetero) is 1. The molecule has 4 aliphatic carbocycles. The fourth-order valence-corrected chi connectivity index (χ4v) is 5.82. The first-order valence-electron chi connectivity index (χ1n) is 8.52. The zero-order valence-corrected chi connectivity index (χ0v) is 13.5. The van der Waals surface area contributed by atoms with E-state index in [1.165, 1.54) is 5.57 Å². The van der Waals surface area contributed by atoms with E-state index in [1.54, 1.807) is 6.08 Å². The monoisotopic (exact) mass is 296 g/mol. The van der Waals surface area contributed by atoms with Crippen molar-refractivity contribution in [1.29, 1.82) is 0 Å². The van der Waals surface area contributed by atoms with Crippen LogP contribution in [0.15, 0.2) is 36.0 Å². The molecule has 2 fully saturated rings. The lowest BCUT2D eigenvalue weighted by atomic mass is 9.49. The molecule has 0 spiro atoms. The summed E-state index contributed by atoms with van der Waals surface area (Å²) in [5.74, 6) is 2.07. The maximum absolute atomic E-state index is 12.4. The van der Waals surface area contributed by atoms with Gasteiger partial charge in [-0.05, 0) is 60.7 Å². The molecule has 2 heteroatoms. The highest BCUT2D eigenvalue weighted by molar-refractivity contribution is 6.05. The summed E-state index contributed by atoms with van der Waals surface area (Å²) < 4.78 is 0. The fourth-order valence-electron chi connectivity index (χ4n) is 5.82. The average Bonchev–Trinajstić information content (AvgIpc) is 2.77. The van der Waals surface area contributed by atoms with Gasteiger partial charge in [0.15, 0.2) is 5.78 Å². The van der Waals surface area contributed by atoms with Gasteiger partial charge in [0.2, 0.25) is 0 Å². The van der Waals surface area contributed by atoms with Crippen LogP contribution in [0, 0.1) is 28.6 Å². The molecule has 0 aromatic rings. The van der Waals surface area contributed by atoms with Gasteiger partial charge in [0, 0.05) is 17.3 Å². The van der Waals surface area contributed by atoms with E-state index in [0.717, 1.165) is 37.7 Å². The molecular weight excluding hydrogens is 272 g/mol. The molecule has 5 atom stereocenters. The van der Waals surface area contributed by atoms with Crippen LogP contribution in [0.1, 0.15) is 46.0 Å². The van der Waals surface area contributed by atoms with E-state index in [4.69, 9.17) is 0 Å². The highest BCUT2D eigenvalue weighted by Crippen LogP contribution is 2.62. The molecule has 4 rings (SSSR count). The normalized spacial score (nSPS) is 46.9. The lowest BCUT2D eigenvalue weighted by Crippen LogP contribution is -2.49. The van der Waals surface area contributed by atoms with Crippen molar-refractivity contribution in [2.75, 3.05) is 0 Å². The predicted molar refractivity (Wildman–Crippen MR) is 86.1 cm³/mol. The van der Waals surface area contributed by atoms with Gasteiger partial charge < -0.3 is 0 Å². The summed E-state index contributed by atoms with van der Waals surface area (Å²) in [7, 11) is 0. The lowest BCUT2D eigenvalue weighted by Gasteiger charge is -2.54. The van der Waals surface area contributed by atoms with Crippen molar-refractivity contribution >= 4 is 11.6 Å². The van der Waals surface area contributed by atoms with Crippen molar-refractivity contribution in [3.05, 3.63) is 36.0 Å². The maximum Gasteiger partial charge on any atom is 0.181 e. The number of ketones is 2. The molecule has 2 nitrogen and oxygen atoms in total. The van der Waals surface area contributed by atoms with E-state index in [1.807, 2.05) is 0 Å². The molecule has 4 aliphatic rings. The summed E-state index contributed by atoms with van der Waals surface area (Å²) in [5, 5.41) is 0. The maximum atomic E-state index is 12.4. The van der Waals surface area contributed by atoms with Gasteiger partial charge in [-0.1, -0.05) is 32.6 Å². The molecule has 0 radical (unpaired) electrons. The van der Waals surface area contributed by atoms with Crippen molar-refractivity contribution in [3.8, 4) is 0 Å². The van der Waals surface area contributed by atoms with Gasteiger partial charge in [0.05, 0.1) is 0 Å². The highest BCUT2D eigenvalue weighted by atomic mass is 16.1. The molecule has 22 heavy (non-hydrogen) atoms. The van der Waals surface area contributed by atoms with E-state index >= 15 is 0 Å². The number of carbonyl (C=O) groups excluding carboxylic acids is 2. The van der Waals surface area contributed by atoms with Crippen LogP contribution in [0.2, 0.25) is 0 Å². The molecular formula is C20H24O2. The Morgan fingerprint density at radius 1 is 1.14 bits per heavy atom. The van der Waals surface area contributed by atoms with E-state index in [9.17, 15) is 9.59 Å². The number of carbonyl (C=O) groups is 2. The molecule has 0 aromatic heterocycles. The number of hydrogen-bond acceptors (Lipinski definition) is 2. The van der Waals surface area contributed by atoms with Gasteiger partial charge in [-0.3, -0.25) is 9.59 Å². The topological polar surface area (TPSA) is 34.1 Å². The molecule has 2 saturated carbocycles. The smallest absolute Gasteiger partial charge is 0.181 e. The molecule has 0 unspecified atom stereocenters. The van der Waals surface area contributed by atoms with Crippen LogP contribution in [0.5, 0.6) is 0 Å². The Morgan fingerprint density at radius 2 is 1.86 bits per heavy atom. The number of rotatable bonds is 0. The molecule has 116 valence electrons. The van der Waals surface area contributed by atoms with Crippen LogP contribution in [0.3, 0.4) is 0 Å². The average molecular weight is 296 g/mol. The van der Waals surface area contributed by atoms with Gasteiger partial charge in [-0.2, -0.15) is 0 Å². The molecule has 0 saturated heterocycles. The quantitative estimate of drug-likeness (QED) is 0.632. The standard InChI is InChI=1S/C20H24O2/c1-12-11-20(3)13(10-17(12)21)4-5-14-15-6-7-18(22)19(15,2)9-8-16(14)20/h4-5,10,14-16H,1,6-9,11H2,2-3H3/t14-,15-,16-,19-,20-/m0/s1. The molecule has 0 heterocycles. The van der Waals surface area contributed by atoms with Crippen LogP contribution in [-0.2, 0) is 9.59 Å². The minimum atomic E-state index is -0.107. The third-order valence-electron chi connectivity index (χ3n) is 7.23. The van der Waals surface area contributed by atoms with E-state index in [2.05, 4.69) is 32.6 Å². The van der Waals surface area contributed by atoms with Gasteiger partial charge in [-0.15, -0.1) is 0 Å². The minimum Gasteiger partial charge on any atom is -0.299 e. The summed E-state index contributed by atoms with van der Waals surface area (Å²) in [5.41, 5.74) is 1.84. The first-order chi connectivity index (χ1) is 10.4. The second-order valence-corrected chi connectivity index (χ2v) is 8.23.